The molecule has 2 aliphatic carbocycles. The lowest BCUT2D eigenvalue weighted by atomic mass is 9.78. The first-order valence-corrected chi connectivity index (χ1v) is 13.3. The number of fused-ring (bicyclic) bond motifs is 3. The maximum absolute atomic E-state index is 13.7. The van der Waals surface area contributed by atoms with Crippen molar-refractivity contribution in [3.05, 3.63) is 35.0 Å². The van der Waals surface area contributed by atoms with Gasteiger partial charge in [-0.15, -0.1) is 0 Å². The second kappa shape index (κ2) is 10.2. The quantitative estimate of drug-likeness (QED) is 0.423. The number of rotatable bonds is 4. The van der Waals surface area contributed by atoms with Gasteiger partial charge in [0.15, 0.2) is 5.78 Å². The molecule has 4 N–H and O–H groups in total. The van der Waals surface area contributed by atoms with Crippen LogP contribution in [0.15, 0.2) is 18.2 Å². The Kier molecular flexibility index (Phi) is 6.66. The largest absolute Gasteiger partial charge is 0.379 e. The lowest BCUT2D eigenvalue weighted by molar-refractivity contribution is -0.137. The van der Waals surface area contributed by atoms with Crippen molar-refractivity contribution in [2.75, 3.05) is 57.8 Å². The van der Waals surface area contributed by atoms with Crippen LogP contribution in [0.4, 0.5) is 10.5 Å². The molecule has 2 aliphatic heterocycles. The van der Waals surface area contributed by atoms with E-state index in [-0.39, 0.29) is 29.6 Å². The number of ketones is 1. The topological polar surface area (TPSA) is 132 Å². The molecule has 1 aromatic heterocycles. The standard InChI is InChI=1S/C26H33N7O4/c34-24-20-18(2-1-3-19(20)28-26(36)31-33-12-14-37-15-13-33)23-21(24)22(29-30-23)16-4-6-17(7-5-16)25(35)32-10-8-27-9-11-32/h1-3,16-17,27H,4-15H2,(H,29,30)(H2,28,31,36). The van der Waals surface area contributed by atoms with Crippen LogP contribution in [-0.4, -0.2) is 90.3 Å². The molecule has 1 aromatic carbocycles. The van der Waals surface area contributed by atoms with Gasteiger partial charge in [0, 0.05) is 56.7 Å². The van der Waals surface area contributed by atoms with Gasteiger partial charge in [0.1, 0.15) is 5.69 Å². The third kappa shape index (κ3) is 4.62. The summed E-state index contributed by atoms with van der Waals surface area (Å²) in [5.41, 5.74) is 6.62. The molecule has 3 heterocycles. The predicted molar refractivity (Wildman–Crippen MR) is 136 cm³/mol. The number of piperazine rings is 1. The number of nitrogens with zero attached hydrogens (tertiary/aromatic N) is 3. The van der Waals surface area contributed by atoms with Gasteiger partial charge in [-0.1, -0.05) is 12.1 Å². The summed E-state index contributed by atoms with van der Waals surface area (Å²) in [5, 5.41) is 15.6. The molecule has 0 spiro atoms. The van der Waals surface area contributed by atoms with Gasteiger partial charge in [-0.3, -0.25) is 20.1 Å². The fourth-order valence-electron chi connectivity index (χ4n) is 6.04. The van der Waals surface area contributed by atoms with Crippen molar-refractivity contribution < 1.29 is 19.1 Å². The number of nitrogens with one attached hydrogen (secondary N) is 4. The molecular weight excluding hydrogens is 474 g/mol. The summed E-state index contributed by atoms with van der Waals surface area (Å²) < 4.78 is 5.32. The van der Waals surface area contributed by atoms with E-state index in [2.05, 4.69) is 26.3 Å². The molecule has 3 fully saturated rings. The third-order valence-corrected chi connectivity index (χ3v) is 8.00. The highest BCUT2D eigenvalue weighted by Crippen LogP contribution is 2.45. The van der Waals surface area contributed by atoms with Gasteiger partial charge in [-0.05, 0) is 31.7 Å². The Morgan fingerprint density at radius 2 is 1.76 bits per heavy atom. The minimum atomic E-state index is -0.387. The van der Waals surface area contributed by atoms with Gasteiger partial charge in [0.05, 0.1) is 35.7 Å². The number of hydrazine groups is 1. The molecule has 11 heteroatoms. The second-order valence-electron chi connectivity index (χ2n) is 10.2. The van der Waals surface area contributed by atoms with Crippen molar-refractivity contribution in [3.63, 3.8) is 0 Å². The van der Waals surface area contributed by atoms with Gasteiger partial charge in [-0.2, -0.15) is 5.10 Å². The van der Waals surface area contributed by atoms with E-state index in [1.165, 1.54) is 0 Å². The molecule has 196 valence electrons. The first-order chi connectivity index (χ1) is 18.1. The molecule has 6 rings (SSSR count). The van der Waals surface area contributed by atoms with E-state index in [1.54, 1.807) is 11.1 Å². The number of aromatic nitrogens is 2. The number of amides is 3. The monoisotopic (exact) mass is 507 g/mol. The summed E-state index contributed by atoms with van der Waals surface area (Å²) >= 11 is 0. The van der Waals surface area contributed by atoms with Crippen LogP contribution in [0.25, 0.3) is 11.3 Å². The number of anilines is 1. The summed E-state index contributed by atoms with van der Waals surface area (Å²) in [6, 6.07) is 5.06. The highest BCUT2D eigenvalue weighted by molar-refractivity contribution is 6.25. The normalized spacial score (nSPS) is 23.9. The van der Waals surface area contributed by atoms with Crippen molar-refractivity contribution in [1.82, 2.24) is 30.8 Å². The number of hydrogen-bond donors (Lipinski definition) is 4. The molecule has 2 aromatic rings. The maximum atomic E-state index is 13.7. The van der Waals surface area contributed by atoms with Crippen molar-refractivity contribution in [2.24, 2.45) is 5.92 Å². The summed E-state index contributed by atoms with van der Waals surface area (Å²) in [5.74, 6) is 0.362. The fourth-order valence-corrected chi connectivity index (χ4v) is 6.04. The lowest BCUT2D eigenvalue weighted by Crippen LogP contribution is -2.49. The van der Waals surface area contributed by atoms with E-state index in [0.717, 1.165) is 63.1 Å². The van der Waals surface area contributed by atoms with Gasteiger partial charge in [0.25, 0.3) is 0 Å². The molecule has 0 atom stereocenters. The van der Waals surface area contributed by atoms with E-state index in [0.29, 0.717) is 48.8 Å². The fraction of sp³-hybridized carbons (Fsp3) is 0.538. The smallest absolute Gasteiger partial charge is 0.333 e. The molecule has 3 amide bonds. The SMILES string of the molecule is O=C(Nc1cccc2c1C(=O)c1c-2n[nH]c1C1CCC(C(=O)N2CCNCC2)CC1)NN1CCOCC1. The molecular formula is C26H33N7O4. The first kappa shape index (κ1) is 24.1. The van der Waals surface area contributed by atoms with Crippen LogP contribution in [0.3, 0.4) is 0 Å². The van der Waals surface area contributed by atoms with Crippen molar-refractivity contribution in [2.45, 2.75) is 31.6 Å². The highest BCUT2D eigenvalue weighted by atomic mass is 16.5. The summed E-state index contributed by atoms with van der Waals surface area (Å²) in [4.78, 5) is 41.2. The van der Waals surface area contributed by atoms with Crippen LogP contribution in [0, 0.1) is 5.92 Å². The number of H-pyrrole nitrogens is 1. The van der Waals surface area contributed by atoms with E-state index < -0.39 is 0 Å². The Labute approximate surface area is 215 Å². The number of ether oxygens (including phenoxy) is 1. The molecule has 37 heavy (non-hydrogen) atoms. The van der Waals surface area contributed by atoms with Crippen LogP contribution < -0.4 is 16.1 Å². The number of hydrogen-bond acceptors (Lipinski definition) is 7. The number of carbonyl (C=O) groups is 3. The predicted octanol–water partition coefficient (Wildman–Crippen LogP) is 1.70. The Hall–Kier alpha value is -3.28. The minimum absolute atomic E-state index is 0.0546. The molecule has 2 saturated heterocycles. The number of morpholine rings is 1. The van der Waals surface area contributed by atoms with Crippen molar-refractivity contribution >= 4 is 23.4 Å². The lowest BCUT2D eigenvalue weighted by Gasteiger charge is -2.34. The molecule has 0 radical (unpaired) electrons. The van der Waals surface area contributed by atoms with Crippen LogP contribution in [0.2, 0.25) is 0 Å². The zero-order valence-corrected chi connectivity index (χ0v) is 20.8. The Balaban J connectivity index is 1.14. The zero-order chi connectivity index (χ0) is 25.4. The van der Waals surface area contributed by atoms with Crippen LogP contribution in [0.5, 0.6) is 0 Å². The van der Waals surface area contributed by atoms with Gasteiger partial charge in [0.2, 0.25) is 5.91 Å². The second-order valence-corrected chi connectivity index (χ2v) is 10.2. The maximum Gasteiger partial charge on any atom is 0.333 e. The van der Waals surface area contributed by atoms with Crippen LogP contribution >= 0.6 is 0 Å². The van der Waals surface area contributed by atoms with E-state index in [4.69, 9.17) is 4.74 Å². The van der Waals surface area contributed by atoms with Crippen molar-refractivity contribution in [3.8, 4) is 11.3 Å². The highest BCUT2D eigenvalue weighted by Gasteiger charge is 2.39. The van der Waals surface area contributed by atoms with Gasteiger partial charge < -0.3 is 20.3 Å². The number of benzene rings is 1. The van der Waals surface area contributed by atoms with Crippen LogP contribution in [-0.2, 0) is 9.53 Å². The Bertz CT molecular complexity index is 1190. The van der Waals surface area contributed by atoms with Gasteiger partial charge >= 0.3 is 6.03 Å². The minimum Gasteiger partial charge on any atom is -0.379 e. The molecule has 4 aliphatic rings. The van der Waals surface area contributed by atoms with E-state index in [9.17, 15) is 14.4 Å². The average Bonchev–Trinajstić information content (AvgIpc) is 3.49. The van der Waals surface area contributed by atoms with Gasteiger partial charge in [-0.25, -0.2) is 9.80 Å². The third-order valence-electron chi connectivity index (χ3n) is 8.00. The summed E-state index contributed by atoms with van der Waals surface area (Å²) in [6.45, 7) is 5.62. The molecule has 1 saturated carbocycles. The van der Waals surface area contributed by atoms with Crippen molar-refractivity contribution in [1.29, 1.82) is 0 Å². The average molecular weight is 508 g/mol. The molecule has 0 unspecified atom stereocenters. The Morgan fingerprint density at radius 1 is 1.00 bits per heavy atom. The zero-order valence-electron chi connectivity index (χ0n) is 20.8. The Morgan fingerprint density at radius 3 is 2.51 bits per heavy atom. The number of carbonyl (C=O) groups excluding carboxylic acids is 3. The molecule has 11 nitrogen and oxygen atoms in total. The number of urea groups is 1. The van der Waals surface area contributed by atoms with E-state index in [1.807, 2.05) is 17.0 Å². The summed E-state index contributed by atoms with van der Waals surface area (Å²) in [6.07, 6.45) is 3.31. The van der Waals surface area contributed by atoms with E-state index >= 15 is 0 Å². The first-order valence-electron chi connectivity index (χ1n) is 13.3. The van der Waals surface area contributed by atoms with Crippen LogP contribution in [0.1, 0.15) is 53.2 Å². The summed E-state index contributed by atoms with van der Waals surface area (Å²) in [7, 11) is 0. The number of aromatic amines is 1. The molecule has 0 bridgehead atoms.